The summed E-state index contributed by atoms with van der Waals surface area (Å²) in [5.74, 6) is 3.54. The van der Waals surface area contributed by atoms with Gasteiger partial charge in [-0.15, -0.1) is 0 Å². The summed E-state index contributed by atoms with van der Waals surface area (Å²) >= 11 is 1.81. The first kappa shape index (κ1) is 20.5. The summed E-state index contributed by atoms with van der Waals surface area (Å²) in [5, 5.41) is 6.65. The van der Waals surface area contributed by atoms with Gasteiger partial charge in [0.15, 0.2) is 17.5 Å². The smallest absolute Gasteiger partial charge is 0.191 e. The van der Waals surface area contributed by atoms with E-state index in [0.717, 1.165) is 49.3 Å². The molecule has 0 saturated heterocycles. The molecule has 0 bridgehead atoms. The van der Waals surface area contributed by atoms with Crippen molar-refractivity contribution in [2.45, 2.75) is 27.2 Å². The molecule has 0 amide bonds. The predicted octanol–water partition coefficient (Wildman–Crippen LogP) is 2.94. The third-order valence-corrected chi connectivity index (χ3v) is 3.81. The molecule has 1 aromatic carbocycles. The highest BCUT2D eigenvalue weighted by molar-refractivity contribution is 7.98. The van der Waals surface area contributed by atoms with Gasteiger partial charge in [0.2, 0.25) is 0 Å². The fourth-order valence-electron chi connectivity index (χ4n) is 2.17. The van der Waals surface area contributed by atoms with Crippen molar-refractivity contribution < 1.29 is 9.47 Å². The molecule has 0 aromatic heterocycles. The lowest BCUT2D eigenvalue weighted by Gasteiger charge is -2.14. The summed E-state index contributed by atoms with van der Waals surface area (Å²) in [7, 11) is 0. The van der Waals surface area contributed by atoms with Crippen molar-refractivity contribution in [3.8, 4) is 11.5 Å². The lowest BCUT2D eigenvalue weighted by atomic mass is 10.1. The zero-order chi connectivity index (χ0) is 17.6. The van der Waals surface area contributed by atoms with Crippen LogP contribution in [-0.4, -0.2) is 50.8 Å². The van der Waals surface area contributed by atoms with E-state index in [9.17, 15) is 0 Å². The second-order valence-corrected chi connectivity index (χ2v) is 6.06. The van der Waals surface area contributed by atoms with Crippen molar-refractivity contribution in [1.82, 2.24) is 10.6 Å². The number of hydrogen-bond acceptors (Lipinski definition) is 4. The van der Waals surface area contributed by atoms with E-state index in [1.54, 1.807) is 11.8 Å². The van der Waals surface area contributed by atoms with E-state index in [2.05, 4.69) is 40.9 Å². The van der Waals surface area contributed by atoms with Crippen LogP contribution in [0.4, 0.5) is 0 Å². The van der Waals surface area contributed by atoms with Crippen molar-refractivity contribution in [2.24, 2.45) is 4.99 Å². The molecule has 0 heterocycles. The van der Waals surface area contributed by atoms with Crippen LogP contribution in [0.5, 0.6) is 11.5 Å². The van der Waals surface area contributed by atoms with Crippen molar-refractivity contribution >= 4 is 17.7 Å². The SMILES string of the molecule is CCNC(=NCCSC)NCCc1ccc(OCC)c(OCC)c1. The Morgan fingerprint density at radius 3 is 2.50 bits per heavy atom. The average Bonchev–Trinajstić information content (AvgIpc) is 2.58. The van der Waals surface area contributed by atoms with E-state index in [1.807, 2.05) is 19.9 Å². The molecule has 0 spiro atoms. The summed E-state index contributed by atoms with van der Waals surface area (Å²) < 4.78 is 11.3. The van der Waals surface area contributed by atoms with Gasteiger partial charge in [-0.2, -0.15) is 11.8 Å². The topological polar surface area (TPSA) is 54.9 Å². The molecule has 6 heteroatoms. The zero-order valence-corrected chi connectivity index (χ0v) is 16.2. The number of nitrogens with zero attached hydrogens (tertiary/aromatic N) is 1. The maximum absolute atomic E-state index is 5.68. The van der Waals surface area contributed by atoms with Crippen LogP contribution in [0.2, 0.25) is 0 Å². The first-order valence-corrected chi connectivity index (χ1v) is 10.0. The summed E-state index contributed by atoms with van der Waals surface area (Å²) in [4.78, 5) is 4.55. The minimum absolute atomic E-state index is 0.633. The number of ether oxygens (including phenoxy) is 2. The molecule has 0 atom stereocenters. The summed E-state index contributed by atoms with van der Waals surface area (Å²) in [6.07, 6.45) is 3.00. The first-order valence-electron chi connectivity index (χ1n) is 8.64. The standard InChI is InChI=1S/C18H31N3O2S/c1-5-19-18(21-12-13-24-4)20-11-10-15-8-9-16(22-6-2)17(14-15)23-7-3/h8-9,14H,5-7,10-13H2,1-4H3,(H2,19,20,21). The third kappa shape index (κ3) is 7.81. The van der Waals surface area contributed by atoms with Crippen LogP contribution in [-0.2, 0) is 6.42 Å². The van der Waals surface area contributed by atoms with Gasteiger partial charge >= 0.3 is 0 Å². The fourth-order valence-corrected chi connectivity index (χ4v) is 2.44. The Kier molecular flexibility index (Phi) is 10.9. The molecule has 1 rings (SSSR count). The highest BCUT2D eigenvalue weighted by Gasteiger charge is 2.06. The molecule has 0 unspecified atom stereocenters. The van der Waals surface area contributed by atoms with E-state index in [4.69, 9.17) is 9.47 Å². The molecule has 0 aliphatic heterocycles. The van der Waals surface area contributed by atoms with E-state index in [1.165, 1.54) is 5.56 Å². The lowest BCUT2D eigenvalue weighted by Crippen LogP contribution is -2.38. The Balaban J connectivity index is 2.58. The van der Waals surface area contributed by atoms with E-state index in [0.29, 0.717) is 13.2 Å². The van der Waals surface area contributed by atoms with E-state index in [-0.39, 0.29) is 0 Å². The molecular weight excluding hydrogens is 322 g/mol. The molecule has 24 heavy (non-hydrogen) atoms. The van der Waals surface area contributed by atoms with Gasteiger partial charge in [-0.05, 0) is 51.1 Å². The predicted molar refractivity (Wildman–Crippen MR) is 105 cm³/mol. The number of guanidine groups is 1. The average molecular weight is 354 g/mol. The molecule has 2 N–H and O–H groups in total. The lowest BCUT2D eigenvalue weighted by molar-refractivity contribution is 0.287. The summed E-state index contributed by atoms with van der Waals surface area (Å²) in [5.41, 5.74) is 1.22. The van der Waals surface area contributed by atoms with Crippen LogP contribution in [0, 0.1) is 0 Å². The molecule has 0 saturated carbocycles. The third-order valence-electron chi connectivity index (χ3n) is 3.22. The van der Waals surface area contributed by atoms with Gasteiger partial charge in [0.05, 0.1) is 19.8 Å². The largest absolute Gasteiger partial charge is 0.490 e. The highest BCUT2D eigenvalue weighted by atomic mass is 32.2. The molecule has 0 aliphatic rings. The van der Waals surface area contributed by atoms with Crippen LogP contribution in [0.1, 0.15) is 26.3 Å². The maximum Gasteiger partial charge on any atom is 0.191 e. The highest BCUT2D eigenvalue weighted by Crippen LogP contribution is 2.28. The zero-order valence-electron chi connectivity index (χ0n) is 15.4. The summed E-state index contributed by atoms with van der Waals surface area (Å²) in [6.45, 7) is 9.83. The molecule has 0 aliphatic carbocycles. The molecule has 136 valence electrons. The minimum atomic E-state index is 0.633. The molecule has 0 radical (unpaired) electrons. The van der Waals surface area contributed by atoms with Gasteiger partial charge < -0.3 is 20.1 Å². The summed E-state index contributed by atoms with van der Waals surface area (Å²) in [6, 6.07) is 6.14. The number of thioether (sulfide) groups is 1. The molecular formula is C18H31N3O2S. The fraction of sp³-hybridized carbons (Fsp3) is 0.611. The monoisotopic (exact) mass is 353 g/mol. The first-order chi connectivity index (χ1) is 11.7. The normalized spacial score (nSPS) is 11.2. The quantitative estimate of drug-likeness (QED) is 0.364. The van der Waals surface area contributed by atoms with Crippen LogP contribution in [0.15, 0.2) is 23.2 Å². The number of hydrogen-bond donors (Lipinski definition) is 2. The van der Waals surface area contributed by atoms with Crippen molar-refractivity contribution in [2.75, 3.05) is 44.9 Å². The van der Waals surface area contributed by atoms with Crippen molar-refractivity contribution in [3.63, 3.8) is 0 Å². The van der Waals surface area contributed by atoms with Crippen LogP contribution >= 0.6 is 11.8 Å². The van der Waals surface area contributed by atoms with Crippen LogP contribution in [0.25, 0.3) is 0 Å². The van der Waals surface area contributed by atoms with Gasteiger partial charge in [0.25, 0.3) is 0 Å². The molecule has 0 fully saturated rings. The van der Waals surface area contributed by atoms with Gasteiger partial charge in [-0.3, -0.25) is 4.99 Å². The van der Waals surface area contributed by atoms with Gasteiger partial charge in [-0.25, -0.2) is 0 Å². The number of benzene rings is 1. The second-order valence-electron chi connectivity index (χ2n) is 5.08. The Bertz CT molecular complexity index is 495. The molecule has 5 nitrogen and oxygen atoms in total. The van der Waals surface area contributed by atoms with Crippen LogP contribution < -0.4 is 20.1 Å². The van der Waals surface area contributed by atoms with Gasteiger partial charge in [0, 0.05) is 18.8 Å². The maximum atomic E-state index is 5.68. The minimum Gasteiger partial charge on any atom is -0.490 e. The van der Waals surface area contributed by atoms with Crippen molar-refractivity contribution in [3.05, 3.63) is 23.8 Å². The van der Waals surface area contributed by atoms with Gasteiger partial charge in [-0.1, -0.05) is 6.07 Å². The van der Waals surface area contributed by atoms with E-state index >= 15 is 0 Å². The van der Waals surface area contributed by atoms with Crippen LogP contribution in [0.3, 0.4) is 0 Å². The van der Waals surface area contributed by atoms with Gasteiger partial charge in [0.1, 0.15) is 0 Å². The van der Waals surface area contributed by atoms with Crippen molar-refractivity contribution in [1.29, 1.82) is 0 Å². The number of rotatable bonds is 11. The molecule has 1 aromatic rings. The Morgan fingerprint density at radius 1 is 1.08 bits per heavy atom. The van der Waals surface area contributed by atoms with E-state index < -0.39 is 0 Å². The Labute approximate surface area is 150 Å². The number of nitrogens with one attached hydrogen (secondary N) is 2. The Hall–Kier alpha value is -1.56. The number of aliphatic imine (C=N–C) groups is 1. The second kappa shape index (κ2) is 12.8. The Morgan fingerprint density at radius 2 is 1.83 bits per heavy atom.